The Morgan fingerprint density at radius 2 is 2.21 bits per heavy atom. The number of benzene rings is 1. The first kappa shape index (κ1) is 10.0. The van der Waals surface area contributed by atoms with Crippen LogP contribution in [0.15, 0.2) is 27.3 Å². The minimum absolute atomic E-state index is 0.605. The molecule has 74 valence electrons. The summed E-state index contributed by atoms with van der Waals surface area (Å²) in [5, 5.41) is 1.66. The highest BCUT2D eigenvalue weighted by Gasteiger charge is 2.11. The number of halogens is 2. The highest BCUT2D eigenvalue weighted by Crippen LogP contribution is 2.33. The third kappa shape index (κ3) is 1.56. The summed E-state index contributed by atoms with van der Waals surface area (Å²) >= 11 is 9.47. The van der Waals surface area contributed by atoms with Crippen LogP contribution >= 0.6 is 27.5 Å². The molecule has 2 rings (SSSR count). The van der Waals surface area contributed by atoms with E-state index in [0.29, 0.717) is 11.6 Å². The molecule has 1 heterocycles. The number of hydrogen-bond acceptors (Lipinski definition) is 2. The number of furan rings is 1. The van der Waals surface area contributed by atoms with Gasteiger partial charge in [0, 0.05) is 15.4 Å². The maximum Gasteiger partial charge on any atom is 0.153 e. The van der Waals surface area contributed by atoms with Crippen LogP contribution in [-0.2, 0) is 6.42 Å². The molecule has 4 heteroatoms. The molecule has 0 saturated heterocycles. The molecule has 14 heavy (non-hydrogen) atoms. The molecule has 0 aliphatic carbocycles. The molecule has 0 radical (unpaired) electrons. The van der Waals surface area contributed by atoms with Crippen LogP contribution in [0.5, 0.6) is 0 Å². The smallest absolute Gasteiger partial charge is 0.153 e. The molecule has 0 saturated carbocycles. The van der Waals surface area contributed by atoms with E-state index in [0.717, 1.165) is 27.4 Å². The molecule has 0 bridgehead atoms. The Morgan fingerprint density at radius 3 is 2.93 bits per heavy atom. The number of nitrogens with two attached hydrogens (primary N) is 1. The molecule has 2 aromatic rings. The number of fused-ring (bicyclic) bond motifs is 1. The van der Waals surface area contributed by atoms with Gasteiger partial charge in [-0.05, 0) is 25.1 Å². The van der Waals surface area contributed by atoms with Gasteiger partial charge in [-0.25, -0.2) is 0 Å². The zero-order valence-corrected chi connectivity index (χ0v) is 9.73. The highest BCUT2D eigenvalue weighted by molar-refractivity contribution is 9.10. The van der Waals surface area contributed by atoms with E-state index in [2.05, 4.69) is 15.9 Å². The molecule has 2 nitrogen and oxygen atoms in total. The van der Waals surface area contributed by atoms with Gasteiger partial charge in [-0.2, -0.15) is 0 Å². The predicted molar refractivity (Wildman–Crippen MR) is 61.7 cm³/mol. The molecule has 0 spiro atoms. The molecule has 0 amide bonds. The average molecular weight is 275 g/mol. The van der Waals surface area contributed by atoms with Gasteiger partial charge in [-0.3, -0.25) is 0 Å². The number of hydrogen-bond donors (Lipinski definition) is 1. The lowest BCUT2D eigenvalue weighted by Gasteiger charge is -1.98. The van der Waals surface area contributed by atoms with Gasteiger partial charge >= 0.3 is 0 Å². The Bertz CT molecular complexity index is 466. The minimum atomic E-state index is 0.605. The molecule has 1 aromatic carbocycles. The third-order valence-corrected chi connectivity index (χ3v) is 3.07. The summed E-state index contributed by atoms with van der Waals surface area (Å²) in [4.78, 5) is 0. The molecular weight excluding hydrogens is 265 g/mol. The lowest BCUT2D eigenvalue weighted by atomic mass is 10.1. The molecule has 0 unspecified atom stereocenters. The van der Waals surface area contributed by atoms with E-state index >= 15 is 0 Å². The molecule has 2 N–H and O–H groups in total. The average Bonchev–Trinajstić information content (AvgIpc) is 2.58. The fourth-order valence-electron chi connectivity index (χ4n) is 1.48. The molecular formula is C10H9BrClNO. The van der Waals surface area contributed by atoms with E-state index < -0.39 is 0 Å². The van der Waals surface area contributed by atoms with Gasteiger partial charge in [0.25, 0.3) is 0 Å². The topological polar surface area (TPSA) is 39.2 Å². The van der Waals surface area contributed by atoms with E-state index in [4.69, 9.17) is 21.8 Å². The van der Waals surface area contributed by atoms with Crippen molar-refractivity contribution in [2.24, 2.45) is 5.73 Å². The second-order valence-electron chi connectivity index (χ2n) is 3.03. The lowest BCUT2D eigenvalue weighted by Crippen LogP contribution is -2.01. The van der Waals surface area contributed by atoms with Gasteiger partial charge in [-0.1, -0.05) is 27.5 Å². The van der Waals surface area contributed by atoms with Crippen molar-refractivity contribution in [3.05, 3.63) is 33.5 Å². The summed E-state index contributed by atoms with van der Waals surface area (Å²) in [6, 6.07) is 3.73. The van der Waals surface area contributed by atoms with E-state index in [9.17, 15) is 0 Å². The maximum atomic E-state index is 6.00. The Balaban J connectivity index is 2.70. The van der Waals surface area contributed by atoms with Crippen LogP contribution in [0.2, 0.25) is 5.02 Å². The first-order valence-corrected chi connectivity index (χ1v) is 5.45. The lowest BCUT2D eigenvalue weighted by molar-refractivity contribution is 0.610. The first-order valence-electron chi connectivity index (χ1n) is 4.28. The van der Waals surface area contributed by atoms with Crippen molar-refractivity contribution in [2.75, 3.05) is 6.54 Å². The highest BCUT2D eigenvalue weighted by atomic mass is 79.9. The van der Waals surface area contributed by atoms with Gasteiger partial charge in [0.1, 0.15) is 0 Å². The minimum Gasteiger partial charge on any atom is -0.462 e. The normalized spacial score (nSPS) is 11.1. The standard InChI is InChI=1S/C10H9BrClNO/c11-7-1-2-8(12)10-9(7)6(3-4-13)5-14-10/h1-2,5H,3-4,13H2. The largest absolute Gasteiger partial charge is 0.462 e. The Hall–Kier alpha value is -0.510. The van der Waals surface area contributed by atoms with Crippen LogP contribution in [-0.4, -0.2) is 6.54 Å². The van der Waals surface area contributed by atoms with Crippen LogP contribution in [0.3, 0.4) is 0 Å². The van der Waals surface area contributed by atoms with Gasteiger partial charge in [0.2, 0.25) is 0 Å². The van der Waals surface area contributed by atoms with E-state index in [-0.39, 0.29) is 0 Å². The van der Waals surface area contributed by atoms with Crippen LogP contribution < -0.4 is 5.73 Å². The summed E-state index contributed by atoms with van der Waals surface area (Å²) in [6.45, 7) is 0.605. The Kier molecular flexibility index (Phi) is 2.81. The first-order chi connectivity index (χ1) is 6.74. The maximum absolute atomic E-state index is 6.00. The van der Waals surface area contributed by atoms with Crippen molar-refractivity contribution in [3.63, 3.8) is 0 Å². The number of rotatable bonds is 2. The molecule has 0 atom stereocenters. The van der Waals surface area contributed by atoms with Crippen LogP contribution in [0.25, 0.3) is 11.0 Å². The Morgan fingerprint density at radius 1 is 1.43 bits per heavy atom. The molecule has 0 aliphatic heterocycles. The van der Waals surface area contributed by atoms with E-state index in [1.807, 2.05) is 12.1 Å². The predicted octanol–water partition coefficient (Wildman–Crippen LogP) is 3.35. The quantitative estimate of drug-likeness (QED) is 0.912. The zero-order valence-electron chi connectivity index (χ0n) is 7.39. The van der Waals surface area contributed by atoms with Crippen LogP contribution in [0.1, 0.15) is 5.56 Å². The summed E-state index contributed by atoms with van der Waals surface area (Å²) < 4.78 is 6.39. The van der Waals surface area contributed by atoms with Crippen molar-refractivity contribution >= 4 is 38.5 Å². The second-order valence-corrected chi connectivity index (χ2v) is 4.29. The third-order valence-electron chi connectivity index (χ3n) is 2.11. The molecule has 0 aliphatic rings. The SMILES string of the molecule is NCCc1coc2c(Cl)ccc(Br)c12. The van der Waals surface area contributed by atoms with E-state index in [1.54, 1.807) is 6.26 Å². The molecule has 1 aromatic heterocycles. The summed E-state index contributed by atoms with van der Waals surface area (Å²) in [7, 11) is 0. The van der Waals surface area contributed by atoms with Crippen molar-refractivity contribution in [3.8, 4) is 0 Å². The van der Waals surface area contributed by atoms with Gasteiger partial charge in [0.05, 0.1) is 11.3 Å². The van der Waals surface area contributed by atoms with Crippen molar-refractivity contribution < 1.29 is 4.42 Å². The van der Waals surface area contributed by atoms with Crippen LogP contribution in [0.4, 0.5) is 0 Å². The monoisotopic (exact) mass is 273 g/mol. The Labute approximate surface area is 95.1 Å². The summed E-state index contributed by atoms with van der Waals surface area (Å²) in [5.41, 5.74) is 7.33. The van der Waals surface area contributed by atoms with Gasteiger partial charge < -0.3 is 10.2 Å². The fraction of sp³-hybridized carbons (Fsp3) is 0.200. The zero-order chi connectivity index (χ0) is 10.1. The van der Waals surface area contributed by atoms with Crippen LogP contribution in [0, 0.1) is 0 Å². The summed E-state index contributed by atoms with van der Waals surface area (Å²) in [5.74, 6) is 0. The second kappa shape index (κ2) is 3.93. The van der Waals surface area contributed by atoms with Crippen molar-refractivity contribution in [1.82, 2.24) is 0 Å². The van der Waals surface area contributed by atoms with Crippen molar-refractivity contribution in [1.29, 1.82) is 0 Å². The fourth-order valence-corrected chi connectivity index (χ4v) is 2.24. The van der Waals surface area contributed by atoms with Gasteiger partial charge in [0.15, 0.2) is 5.58 Å². The van der Waals surface area contributed by atoms with Crippen molar-refractivity contribution in [2.45, 2.75) is 6.42 Å². The summed E-state index contributed by atoms with van der Waals surface area (Å²) in [6.07, 6.45) is 2.51. The van der Waals surface area contributed by atoms with Gasteiger partial charge in [-0.15, -0.1) is 0 Å². The van der Waals surface area contributed by atoms with E-state index in [1.165, 1.54) is 0 Å². The molecule has 0 fully saturated rings.